The Bertz CT molecular complexity index is 278. The van der Waals surface area contributed by atoms with Gasteiger partial charge in [-0.25, -0.2) is 5.84 Å². The number of furan rings is 1. The van der Waals surface area contributed by atoms with E-state index in [1.165, 1.54) is 0 Å². The maximum atomic E-state index is 5.28. The molecule has 0 saturated carbocycles. The zero-order chi connectivity index (χ0) is 8.97. The van der Waals surface area contributed by atoms with Crippen molar-refractivity contribution < 1.29 is 4.42 Å². The molecule has 0 saturated heterocycles. The molecule has 4 heteroatoms. The number of aliphatic imine (C=N–C) groups is 1. The quantitative estimate of drug-likeness (QED) is 0.295. The molecule has 0 aromatic carbocycles. The van der Waals surface area contributed by atoms with Crippen LogP contribution in [-0.4, -0.2) is 12.9 Å². The molecule has 1 aromatic heterocycles. The van der Waals surface area contributed by atoms with Gasteiger partial charge in [0, 0.05) is 13.5 Å². The molecule has 66 valence electrons. The smallest absolute Gasteiger partial charge is 0.145 e. The third-order valence-corrected chi connectivity index (χ3v) is 1.68. The Morgan fingerprint density at radius 1 is 1.75 bits per heavy atom. The van der Waals surface area contributed by atoms with Gasteiger partial charge in [0.25, 0.3) is 0 Å². The van der Waals surface area contributed by atoms with E-state index >= 15 is 0 Å². The monoisotopic (exact) mass is 167 g/mol. The number of rotatable bonds is 2. The number of nitrogens with zero attached hydrogens (tertiary/aromatic N) is 1. The number of amidine groups is 1. The molecule has 0 aliphatic heterocycles. The minimum atomic E-state index is 0.653. The van der Waals surface area contributed by atoms with Crippen molar-refractivity contribution in [3.63, 3.8) is 0 Å². The van der Waals surface area contributed by atoms with Gasteiger partial charge in [-0.1, -0.05) is 6.92 Å². The van der Waals surface area contributed by atoms with E-state index in [1.807, 2.05) is 13.0 Å². The van der Waals surface area contributed by atoms with Crippen molar-refractivity contribution in [2.24, 2.45) is 10.8 Å². The fourth-order valence-corrected chi connectivity index (χ4v) is 1.09. The highest BCUT2D eigenvalue weighted by Crippen LogP contribution is 2.10. The number of aryl methyl sites for hydroxylation is 1. The normalized spacial score (nSPS) is 11.8. The van der Waals surface area contributed by atoms with Crippen LogP contribution in [0.1, 0.15) is 18.2 Å². The van der Waals surface area contributed by atoms with E-state index in [9.17, 15) is 0 Å². The van der Waals surface area contributed by atoms with Crippen molar-refractivity contribution in [2.45, 2.75) is 13.3 Å². The third kappa shape index (κ3) is 1.48. The van der Waals surface area contributed by atoms with Crippen molar-refractivity contribution in [1.82, 2.24) is 5.43 Å². The van der Waals surface area contributed by atoms with Gasteiger partial charge in [-0.15, -0.1) is 0 Å². The van der Waals surface area contributed by atoms with Gasteiger partial charge in [0.15, 0.2) is 0 Å². The molecule has 0 aliphatic rings. The Hall–Kier alpha value is -1.29. The molecule has 0 bridgehead atoms. The topological polar surface area (TPSA) is 63.5 Å². The fraction of sp³-hybridized carbons (Fsp3) is 0.375. The molecular formula is C8H13N3O. The van der Waals surface area contributed by atoms with Crippen LogP contribution in [-0.2, 0) is 6.42 Å². The summed E-state index contributed by atoms with van der Waals surface area (Å²) in [7, 11) is 1.68. The maximum absolute atomic E-state index is 5.28. The lowest BCUT2D eigenvalue weighted by atomic mass is 10.2. The summed E-state index contributed by atoms with van der Waals surface area (Å²) < 4.78 is 5.22. The Morgan fingerprint density at radius 2 is 2.50 bits per heavy atom. The molecule has 1 heterocycles. The van der Waals surface area contributed by atoms with Gasteiger partial charge < -0.3 is 9.84 Å². The summed E-state index contributed by atoms with van der Waals surface area (Å²) in [6, 6.07) is 1.85. The Balaban J connectivity index is 3.00. The van der Waals surface area contributed by atoms with Crippen LogP contribution in [0.4, 0.5) is 0 Å². The fourth-order valence-electron chi connectivity index (χ4n) is 1.09. The average molecular weight is 167 g/mol. The van der Waals surface area contributed by atoms with Crippen molar-refractivity contribution in [3.05, 3.63) is 23.7 Å². The zero-order valence-electron chi connectivity index (χ0n) is 7.29. The van der Waals surface area contributed by atoms with E-state index in [2.05, 4.69) is 10.4 Å². The van der Waals surface area contributed by atoms with Crippen LogP contribution in [0.25, 0.3) is 0 Å². The van der Waals surface area contributed by atoms with Gasteiger partial charge in [0.1, 0.15) is 11.6 Å². The molecule has 0 spiro atoms. The number of nitrogens with one attached hydrogen (secondary N) is 1. The Morgan fingerprint density at radius 3 is 3.00 bits per heavy atom. The van der Waals surface area contributed by atoms with Crippen LogP contribution in [0, 0.1) is 0 Å². The van der Waals surface area contributed by atoms with Crippen molar-refractivity contribution >= 4 is 5.84 Å². The lowest BCUT2D eigenvalue weighted by molar-refractivity contribution is 0.515. The van der Waals surface area contributed by atoms with Gasteiger partial charge in [-0.2, -0.15) is 0 Å². The number of hydrogen-bond donors (Lipinski definition) is 2. The minimum Gasteiger partial charge on any atom is -0.469 e. The summed E-state index contributed by atoms with van der Waals surface area (Å²) in [4.78, 5) is 3.98. The summed E-state index contributed by atoms with van der Waals surface area (Å²) in [6.07, 6.45) is 2.47. The molecule has 3 N–H and O–H groups in total. The summed E-state index contributed by atoms with van der Waals surface area (Å²) in [5.74, 6) is 6.83. The highest BCUT2D eigenvalue weighted by Gasteiger charge is 2.08. The summed E-state index contributed by atoms with van der Waals surface area (Å²) in [5, 5.41) is 0. The standard InChI is InChI=1S/C8H13N3O/c1-3-7-6(4-5-12-7)8(10-2)11-9/h4-5H,3,9H2,1-2H3,(H,10,11). The largest absolute Gasteiger partial charge is 0.469 e. The first-order chi connectivity index (χ1) is 5.83. The Kier molecular flexibility index (Phi) is 2.88. The van der Waals surface area contributed by atoms with Gasteiger partial charge in [-0.05, 0) is 6.07 Å². The molecule has 0 unspecified atom stereocenters. The number of hydrogen-bond acceptors (Lipinski definition) is 3. The van der Waals surface area contributed by atoms with Crippen LogP contribution in [0.2, 0.25) is 0 Å². The second kappa shape index (κ2) is 3.92. The number of hydrazine groups is 1. The second-order valence-electron chi connectivity index (χ2n) is 2.33. The second-order valence-corrected chi connectivity index (χ2v) is 2.33. The SMILES string of the molecule is CCc1occc1C(=NC)NN. The first-order valence-corrected chi connectivity index (χ1v) is 3.83. The minimum absolute atomic E-state index is 0.653. The third-order valence-electron chi connectivity index (χ3n) is 1.68. The summed E-state index contributed by atoms with van der Waals surface area (Å²) in [6.45, 7) is 2.02. The average Bonchev–Trinajstić information content (AvgIpc) is 2.55. The van der Waals surface area contributed by atoms with Gasteiger partial charge in [-0.3, -0.25) is 4.99 Å². The van der Waals surface area contributed by atoms with Gasteiger partial charge in [0.2, 0.25) is 0 Å². The van der Waals surface area contributed by atoms with Crippen molar-refractivity contribution in [1.29, 1.82) is 0 Å². The summed E-state index contributed by atoms with van der Waals surface area (Å²) >= 11 is 0. The highest BCUT2D eigenvalue weighted by atomic mass is 16.3. The van der Waals surface area contributed by atoms with E-state index in [4.69, 9.17) is 10.3 Å². The van der Waals surface area contributed by atoms with E-state index < -0.39 is 0 Å². The van der Waals surface area contributed by atoms with Crippen LogP contribution >= 0.6 is 0 Å². The lowest BCUT2D eigenvalue weighted by Gasteiger charge is -2.02. The molecule has 4 nitrogen and oxygen atoms in total. The van der Waals surface area contributed by atoms with E-state index in [1.54, 1.807) is 13.3 Å². The zero-order valence-corrected chi connectivity index (χ0v) is 7.29. The van der Waals surface area contributed by atoms with Gasteiger partial charge in [0.05, 0.1) is 11.8 Å². The molecule has 0 aliphatic carbocycles. The van der Waals surface area contributed by atoms with E-state index in [-0.39, 0.29) is 0 Å². The van der Waals surface area contributed by atoms with Crippen LogP contribution in [0.15, 0.2) is 21.7 Å². The highest BCUT2D eigenvalue weighted by molar-refractivity contribution is 5.99. The Labute approximate surface area is 71.4 Å². The molecule has 12 heavy (non-hydrogen) atoms. The first kappa shape index (κ1) is 8.80. The van der Waals surface area contributed by atoms with Crippen LogP contribution in [0.3, 0.4) is 0 Å². The van der Waals surface area contributed by atoms with E-state index in [0.29, 0.717) is 5.84 Å². The molecule has 0 fully saturated rings. The molecule has 0 amide bonds. The van der Waals surface area contributed by atoms with Crippen molar-refractivity contribution in [2.75, 3.05) is 7.05 Å². The molecule has 1 rings (SSSR count). The summed E-state index contributed by atoms with van der Waals surface area (Å²) in [5.41, 5.74) is 3.45. The molecule has 0 atom stereocenters. The predicted octanol–water partition coefficient (Wildman–Crippen LogP) is 0.682. The van der Waals surface area contributed by atoms with Crippen LogP contribution in [0.5, 0.6) is 0 Å². The number of nitrogens with two attached hydrogens (primary N) is 1. The first-order valence-electron chi connectivity index (χ1n) is 3.83. The lowest BCUT2D eigenvalue weighted by Crippen LogP contribution is -2.31. The molecular weight excluding hydrogens is 154 g/mol. The maximum Gasteiger partial charge on any atom is 0.145 e. The van der Waals surface area contributed by atoms with Gasteiger partial charge >= 0.3 is 0 Å². The van der Waals surface area contributed by atoms with Crippen LogP contribution < -0.4 is 11.3 Å². The molecule has 0 radical (unpaired) electrons. The molecule has 1 aromatic rings. The van der Waals surface area contributed by atoms with Crippen molar-refractivity contribution in [3.8, 4) is 0 Å². The predicted molar refractivity (Wildman–Crippen MR) is 47.9 cm³/mol. The van der Waals surface area contributed by atoms with E-state index in [0.717, 1.165) is 17.7 Å².